The maximum Gasteiger partial charge on any atom is 0.354 e. The number of carbonyl (C=O) groups excluding carboxylic acids is 3. The molecule has 3 amide bonds. The first-order chi connectivity index (χ1) is 18.3. The van der Waals surface area contributed by atoms with Crippen LogP contribution in [0.25, 0.3) is 0 Å². The minimum absolute atomic E-state index is 0.0331. The molecule has 0 bridgehead atoms. The Kier molecular flexibility index (Phi) is 7.94. The van der Waals surface area contributed by atoms with Crippen LogP contribution in [-0.4, -0.2) is 38.4 Å². The predicted molar refractivity (Wildman–Crippen MR) is 144 cm³/mol. The van der Waals surface area contributed by atoms with E-state index >= 15 is 0 Å². The van der Waals surface area contributed by atoms with Crippen LogP contribution in [0.4, 0.5) is 10.5 Å². The molecule has 0 spiro atoms. The molecule has 1 aromatic carbocycles. The Morgan fingerprint density at radius 3 is 2.32 bits per heavy atom. The summed E-state index contributed by atoms with van der Waals surface area (Å²) < 4.78 is 17.9. The van der Waals surface area contributed by atoms with Gasteiger partial charge in [-0.3, -0.25) is 9.59 Å². The number of hydrogen-bond acceptors (Lipinski definition) is 5. The highest BCUT2D eigenvalue weighted by molar-refractivity contribution is 7.91. The lowest BCUT2D eigenvalue weighted by molar-refractivity contribution is -0.122. The number of carbonyl (C=O) groups is 3. The Morgan fingerprint density at radius 2 is 1.66 bits per heavy atom. The normalized spacial score (nSPS) is 18.7. The number of anilines is 1. The molecule has 10 nitrogen and oxygen atoms in total. The van der Waals surface area contributed by atoms with Gasteiger partial charge < -0.3 is 10.6 Å². The second kappa shape index (κ2) is 11.4. The highest BCUT2D eigenvalue weighted by atomic mass is 32.2. The second-order valence-corrected chi connectivity index (χ2v) is 12.5. The van der Waals surface area contributed by atoms with Gasteiger partial charge in [-0.25, -0.2) is 18.8 Å². The summed E-state index contributed by atoms with van der Waals surface area (Å²) in [7, 11) is -3.63. The van der Waals surface area contributed by atoms with Crippen molar-refractivity contribution in [2.75, 3.05) is 11.9 Å². The van der Waals surface area contributed by atoms with Gasteiger partial charge in [0, 0.05) is 12.1 Å². The van der Waals surface area contributed by atoms with E-state index in [4.69, 9.17) is 5.14 Å². The Balaban J connectivity index is 1.22. The van der Waals surface area contributed by atoms with Crippen LogP contribution in [0.5, 0.6) is 0 Å². The zero-order valence-corrected chi connectivity index (χ0v) is 22.5. The third kappa shape index (κ3) is 5.99. The molecule has 204 valence electrons. The first-order valence-electron chi connectivity index (χ1n) is 13.7. The highest BCUT2D eigenvalue weighted by Crippen LogP contribution is 2.38. The summed E-state index contributed by atoms with van der Waals surface area (Å²) >= 11 is 0. The first-order valence-corrected chi connectivity index (χ1v) is 15.2. The highest BCUT2D eigenvalue weighted by Gasteiger charge is 2.25. The number of nitrogens with two attached hydrogens (primary N) is 1. The van der Waals surface area contributed by atoms with Gasteiger partial charge in [0.05, 0.1) is 18.9 Å². The van der Waals surface area contributed by atoms with Gasteiger partial charge in [-0.1, -0.05) is 31.7 Å². The van der Waals surface area contributed by atoms with Gasteiger partial charge >= 0.3 is 6.03 Å². The molecule has 0 radical (unpaired) electrons. The van der Waals surface area contributed by atoms with E-state index in [0.29, 0.717) is 12.3 Å². The van der Waals surface area contributed by atoms with Crippen LogP contribution in [0.2, 0.25) is 0 Å². The Bertz CT molecular complexity index is 1330. The summed E-state index contributed by atoms with van der Waals surface area (Å²) in [6.45, 7) is -0.236. The van der Waals surface area contributed by atoms with Crippen LogP contribution in [0.1, 0.15) is 84.8 Å². The zero-order chi connectivity index (χ0) is 26.7. The van der Waals surface area contributed by atoms with Gasteiger partial charge in [0.1, 0.15) is 14.8 Å². The number of urea groups is 1. The molecular weight excluding hydrogens is 504 g/mol. The van der Waals surface area contributed by atoms with Crippen LogP contribution < -0.4 is 15.8 Å². The summed E-state index contributed by atoms with van der Waals surface area (Å²) in [6, 6.07) is 1.48. The number of rotatable bonds is 6. The molecule has 1 fully saturated rings. The van der Waals surface area contributed by atoms with Crippen molar-refractivity contribution < 1.29 is 18.6 Å². The molecule has 3 aliphatic rings. The van der Waals surface area contributed by atoms with Crippen LogP contribution in [-0.2, 0) is 40.4 Å². The van der Waals surface area contributed by atoms with Crippen LogP contribution in [0.3, 0.4) is 0 Å². The molecule has 3 aliphatic carbocycles. The smallest absolute Gasteiger partial charge is 0.347 e. The molecule has 1 heterocycles. The summed E-state index contributed by atoms with van der Waals surface area (Å²) in [5.74, 6) is -0.303. The third-order valence-corrected chi connectivity index (χ3v) is 9.28. The zero-order valence-electron chi connectivity index (χ0n) is 21.7. The number of aromatic nitrogens is 2. The van der Waals surface area contributed by atoms with E-state index < -0.39 is 21.9 Å². The fourth-order valence-corrected chi connectivity index (χ4v) is 6.87. The van der Waals surface area contributed by atoms with Crippen molar-refractivity contribution in [3.05, 3.63) is 40.7 Å². The van der Waals surface area contributed by atoms with Gasteiger partial charge in [-0.2, -0.15) is 5.10 Å². The SMILES string of the molecule is NS(=O)(=NC(=O)Nc1c2c(cc3c1CCC3)CCC2)c1cnn(C(=O)CNC(=O)CC2CCCCCC2)c1. The predicted octanol–water partition coefficient (Wildman–Crippen LogP) is 3.91. The van der Waals surface area contributed by atoms with Crippen LogP contribution >= 0.6 is 0 Å². The molecule has 1 atom stereocenters. The summed E-state index contributed by atoms with van der Waals surface area (Å²) in [4.78, 5) is 37.7. The molecular formula is C27H36N6O4S. The molecule has 38 heavy (non-hydrogen) atoms. The van der Waals surface area contributed by atoms with Crippen molar-refractivity contribution in [1.82, 2.24) is 15.1 Å². The number of amides is 3. The van der Waals surface area contributed by atoms with Crippen molar-refractivity contribution in [3.63, 3.8) is 0 Å². The van der Waals surface area contributed by atoms with Gasteiger partial charge in [-0.15, -0.1) is 4.36 Å². The lowest BCUT2D eigenvalue weighted by atomic mass is 9.96. The van der Waals surface area contributed by atoms with E-state index in [0.717, 1.165) is 85.7 Å². The standard InChI is InChI=1S/C27H36N6O4S/c28-38(37,32-27(36)31-26-22-11-5-9-19(22)14-20-10-6-12-23(20)26)21-15-30-33(17-21)25(35)16-29-24(34)13-18-7-3-1-2-4-8-18/h14-15,17-18H,1-13,16H2,(H,29,34)(H3,28,31,32,36,37). The summed E-state index contributed by atoms with van der Waals surface area (Å²) in [5, 5.41) is 15.4. The van der Waals surface area contributed by atoms with Gasteiger partial charge in [0.15, 0.2) is 0 Å². The monoisotopic (exact) mass is 540 g/mol. The average Bonchev–Trinajstić information content (AvgIpc) is 3.62. The Labute approximate surface area is 223 Å². The number of nitrogens with one attached hydrogen (secondary N) is 2. The summed E-state index contributed by atoms with van der Waals surface area (Å²) in [6.07, 6.45) is 15.4. The van der Waals surface area contributed by atoms with Crippen molar-refractivity contribution in [2.24, 2.45) is 15.4 Å². The van der Waals surface area contributed by atoms with E-state index in [1.807, 2.05) is 0 Å². The second-order valence-electron chi connectivity index (χ2n) is 10.7. The van der Waals surface area contributed by atoms with Crippen molar-refractivity contribution in [3.8, 4) is 0 Å². The lowest BCUT2D eigenvalue weighted by Crippen LogP contribution is -2.33. The van der Waals surface area contributed by atoms with E-state index in [-0.39, 0.29) is 17.3 Å². The quantitative estimate of drug-likeness (QED) is 0.475. The van der Waals surface area contributed by atoms with Crippen molar-refractivity contribution in [1.29, 1.82) is 0 Å². The van der Waals surface area contributed by atoms with Crippen molar-refractivity contribution >= 4 is 33.4 Å². The summed E-state index contributed by atoms with van der Waals surface area (Å²) in [5.41, 5.74) is 5.59. The maximum atomic E-state index is 13.1. The van der Waals surface area contributed by atoms with E-state index in [2.05, 4.69) is 26.2 Å². The largest absolute Gasteiger partial charge is 0.354 e. The minimum atomic E-state index is -3.63. The van der Waals surface area contributed by atoms with E-state index in [1.165, 1.54) is 36.4 Å². The number of hydrogen-bond donors (Lipinski definition) is 3. The fraction of sp³-hybridized carbons (Fsp3) is 0.556. The molecule has 2 aromatic rings. The van der Waals surface area contributed by atoms with E-state index in [9.17, 15) is 18.6 Å². The lowest BCUT2D eigenvalue weighted by Gasteiger charge is -2.15. The first kappa shape index (κ1) is 26.6. The molecule has 4 N–H and O–H groups in total. The average molecular weight is 541 g/mol. The topological polar surface area (TPSA) is 149 Å². The molecule has 0 aliphatic heterocycles. The Hall–Kier alpha value is -3.05. The molecule has 1 unspecified atom stereocenters. The van der Waals surface area contributed by atoms with Crippen LogP contribution in [0, 0.1) is 5.92 Å². The minimum Gasteiger partial charge on any atom is -0.347 e. The van der Waals surface area contributed by atoms with Gasteiger partial charge in [0.2, 0.25) is 5.91 Å². The fourth-order valence-electron chi connectivity index (χ4n) is 6.02. The molecule has 1 saturated carbocycles. The van der Waals surface area contributed by atoms with Crippen molar-refractivity contribution in [2.45, 2.75) is 88.4 Å². The number of benzene rings is 1. The molecule has 1 aromatic heterocycles. The maximum absolute atomic E-state index is 13.1. The number of nitrogens with zero attached hydrogens (tertiary/aromatic N) is 3. The Morgan fingerprint density at radius 1 is 1.00 bits per heavy atom. The molecule has 0 saturated heterocycles. The molecule has 11 heteroatoms. The van der Waals surface area contributed by atoms with Gasteiger partial charge in [0.25, 0.3) is 5.91 Å². The third-order valence-electron chi connectivity index (χ3n) is 7.96. The number of fused-ring (bicyclic) bond motifs is 2. The van der Waals surface area contributed by atoms with E-state index in [1.54, 1.807) is 0 Å². The molecule has 5 rings (SSSR count). The number of aryl methyl sites for hydroxylation is 2. The van der Waals surface area contributed by atoms with Crippen LogP contribution in [0.15, 0.2) is 27.7 Å². The van der Waals surface area contributed by atoms with Gasteiger partial charge in [-0.05, 0) is 79.5 Å².